The van der Waals surface area contributed by atoms with Gasteiger partial charge in [0.2, 0.25) is 0 Å². The summed E-state index contributed by atoms with van der Waals surface area (Å²) < 4.78 is 65.3. The second-order valence-electron chi connectivity index (χ2n) is 6.99. The van der Waals surface area contributed by atoms with Gasteiger partial charge in [-0.2, -0.15) is 24.5 Å². The summed E-state index contributed by atoms with van der Waals surface area (Å²) in [5.74, 6) is -1.54. The number of carbonyl (C=O) groups is 1. The summed E-state index contributed by atoms with van der Waals surface area (Å²) in [5, 5.41) is 7.31. The number of halogens is 4. The molecule has 0 aliphatic heterocycles. The molecule has 0 aliphatic rings. The molecular weight excluding hydrogens is 446 g/mol. The molecule has 0 N–H and O–H groups in total. The van der Waals surface area contributed by atoms with E-state index in [2.05, 4.69) is 9.89 Å². The van der Waals surface area contributed by atoms with E-state index in [4.69, 9.17) is 4.52 Å². The van der Waals surface area contributed by atoms with E-state index in [0.717, 1.165) is 24.8 Å². The van der Waals surface area contributed by atoms with Crippen molar-refractivity contribution in [3.8, 4) is 33.7 Å². The number of rotatable bonds is 4. The van der Waals surface area contributed by atoms with Crippen molar-refractivity contribution in [2.24, 2.45) is 0 Å². The van der Waals surface area contributed by atoms with E-state index in [1.807, 2.05) is 0 Å². The number of alkyl halides is 3. The quantitative estimate of drug-likeness (QED) is 0.243. The minimum Gasteiger partial charge on any atom is -0.465 e. The molecule has 4 aromatic rings. The van der Waals surface area contributed by atoms with Crippen molar-refractivity contribution in [3.63, 3.8) is 0 Å². The Bertz CT molecular complexity index is 1310. The third-order valence-corrected chi connectivity index (χ3v) is 5.80. The Morgan fingerprint density at radius 1 is 1.03 bits per heavy atom. The molecule has 164 valence electrons. The predicted molar refractivity (Wildman–Crippen MR) is 112 cm³/mol. The standard InChI is InChI=1S/C23H15F4NO3S/c1-12-10-32-11-17(12)15-5-4-14(7-18(15)23(25,26)27)21-9-20(28-31-21)13-3-6-16(19(24)8-13)22(29)30-2/h3-11H,1-2H3. The third kappa shape index (κ3) is 4.03. The van der Waals surface area contributed by atoms with Crippen LogP contribution >= 0.6 is 11.3 Å². The van der Waals surface area contributed by atoms with Crippen LogP contribution in [0, 0.1) is 12.7 Å². The number of esters is 1. The maximum Gasteiger partial charge on any atom is 0.417 e. The summed E-state index contributed by atoms with van der Waals surface area (Å²) in [4.78, 5) is 11.5. The van der Waals surface area contributed by atoms with Crippen LogP contribution in [-0.4, -0.2) is 18.2 Å². The first-order chi connectivity index (χ1) is 15.2. The first-order valence-corrected chi connectivity index (χ1v) is 10.2. The van der Waals surface area contributed by atoms with Crippen LogP contribution in [0.3, 0.4) is 0 Å². The summed E-state index contributed by atoms with van der Waals surface area (Å²) in [6.45, 7) is 1.76. The molecule has 0 spiro atoms. The second-order valence-corrected chi connectivity index (χ2v) is 7.73. The van der Waals surface area contributed by atoms with Gasteiger partial charge in [0, 0.05) is 17.2 Å². The number of ether oxygens (including phenoxy) is 1. The van der Waals surface area contributed by atoms with Gasteiger partial charge in [-0.25, -0.2) is 9.18 Å². The second kappa shape index (κ2) is 8.23. The van der Waals surface area contributed by atoms with Crippen LogP contribution in [0.5, 0.6) is 0 Å². The number of hydrogen-bond donors (Lipinski definition) is 0. The highest BCUT2D eigenvalue weighted by Crippen LogP contribution is 2.41. The lowest BCUT2D eigenvalue weighted by molar-refractivity contribution is -0.137. The molecule has 0 bridgehead atoms. The third-order valence-electron chi connectivity index (χ3n) is 4.94. The number of carbonyl (C=O) groups excluding carboxylic acids is 1. The number of methoxy groups -OCH3 is 1. The zero-order valence-corrected chi connectivity index (χ0v) is 17.6. The number of benzene rings is 2. The van der Waals surface area contributed by atoms with Crippen molar-refractivity contribution >= 4 is 17.3 Å². The largest absolute Gasteiger partial charge is 0.465 e. The van der Waals surface area contributed by atoms with Gasteiger partial charge in [-0.3, -0.25) is 0 Å². The smallest absolute Gasteiger partial charge is 0.417 e. The predicted octanol–water partition coefficient (Wildman–Crippen LogP) is 6.99. The minimum absolute atomic E-state index is 0.0835. The Balaban J connectivity index is 1.73. The average molecular weight is 461 g/mol. The SMILES string of the molecule is COC(=O)c1ccc(-c2cc(-c3ccc(-c4cscc4C)c(C(F)(F)F)c3)on2)cc1F. The van der Waals surface area contributed by atoms with Gasteiger partial charge in [0.25, 0.3) is 0 Å². The van der Waals surface area contributed by atoms with E-state index in [1.54, 1.807) is 17.7 Å². The topological polar surface area (TPSA) is 52.3 Å². The van der Waals surface area contributed by atoms with Crippen molar-refractivity contribution in [1.29, 1.82) is 0 Å². The van der Waals surface area contributed by atoms with Crippen LogP contribution in [0.2, 0.25) is 0 Å². The highest BCUT2D eigenvalue weighted by atomic mass is 32.1. The molecular formula is C23H15F4NO3S. The van der Waals surface area contributed by atoms with Gasteiger partial charge in [-0.1, -0.05) is 23.4 Å². The molecule has 0 fully saturated rings. The van der Waals surface area contributed by atoms with Crippen LogP contribution in [-0.2, 0) is 10.9 Å². The summed E-state index contributed by atoms with van der Waals surface area (Å²) in [6.07, 6.45) is -4.57. The molecule has 2 heterocycles. The number of aryl methyl sites for hydroxylation is 1. The maximum absolute atomic E-state index is 14.2. The molecule has 0 amide bonds. The van der Waals surface area contributed by atoms with E-state index in [-0.39, 0.29) is 28.1 Å². The van der Waals surface area contributed by atoms with E-state index in [0.29, 0.717) is 11.1 Å². The molecule has 4 rings (SSSR count). The fourth-order valence-corrected chi connectivity index (χ4v) is 4.15. The van der Waals surface area contributed by atoms with Gasteiger partial charge in [-0.05, 0) is 52.6 Å². The normalized spacial score (nSPS) is 11.6. The highest BCUT2D eigenvalue weighted by molar-refractivity contribution is 7.08. The Labute approximate surface area is 184 Å². The molecule has 4 nitrogen and oxygen atoms in total. The van der Waals surface area contributed by atoms with Crippen LogP contribution in [0.15, 0.2) is 57.7 Å². The Morgan fingerprint density at radius 3 is 2.41 bits per heavy atom. The van der Waals surface area contributed by atoms with Gasteiger partial charge in [-0.15, -0.1) is 0 Å². The van der Waals surface area contributed by atoms with E-state index >= 15 is 0 Å². The molecule has 2 aromatic heterocycles. The van der Waals surface area contributed by atoms with Crippen molar-refractivity contribution in [2.45, 2.75) is 13.1 Å². The first-order valence-electron chi connectivity index (χ1n) is 9.28. The number of nitrogens with zero attached hydrogens (tertiary/aromatic N) is 1. The van der Waals surface area contributed by atoms with Crippen LogP contribution in [0.4, 0.5) is 17.6 Å². The van der Waals surface area contributed by atoms with Crippen molar-refractivity contribution in [1.82, 2.24) is 5.16 Å². The van der Waals surface area contributed by atoms with Gasteiger partial charge in [0.15, 0.2) is 5.76 Å². The lowest BCUT2D eigenvalue weighted by atomic mass is 9.96. The average Bonchev–Trinajstić information content (AvgIpc) is 3.41. The van der Waals surface area contributed by atoms with Crippen molar-refractivity contribution in [2.75, 3.05) is 7.11 Å². The molecule has 0 atom stereocenters. The van der Waals surface area contributed by atoms with Crippen LogP contribution < -0.4 is 0 Å². The summed E-state index contributed by atoms with van der Waals surface area (Å²) in [7, 11) is 1.14. The molecule has 0 saturated heterocycles. The maximum atomic E-state index is 14.2. The first kappa shape index (κ1) is 21.8. The van der Waals surface area contributed by atoms with E-state index in [1.165, 1.54) is 41.7 Å². The minimum atomic E-state index is -4.57. The van der Waals surface area contributed by atoms with Gasteiger partial charge >= 0.3 is 12.1 Å². The van der Waals surface area contributed by atoms with Gasteiger partial charge < -0.3 is 9.26 Å². The molecule has 0 radical (unpaired) electrons. The molecule has 2 aromatic carbocycles. The lowest BCUT2D eigenvalue weighted by Gasteiger charge is -2.14. The Kier molecular flexibility index (Phi) is 5.60. The highest BCUT2D eigenvalue weighted by Gasteiger charge is 2.34. The Morgan fingerprint density at radius 2 is 1.78 bits per heavy atom. The van der Waals surface area contributed by atoms with Gasteiger partial charge in [0.05, 0.1) is 18.2 Å². The fourth-order valence-electron chi connectivity index (χ4n) is 3.30. The number of aromatic nitrogens is 1. The van der Waals surface area contributed by atoms with Gasteiger partial charge in [0.1, 0.15) is 11.5 Å². The monoisotopic (exact) mass is 461 g/mol. The molecule has 0 aliphatic carbocycles. The molecule has 32 heavy (non-hydrogen) atoms. The zero-order valence-electron chi connectivity index (χ0n) is 16.8. The molecule has 9 heteroatoms. The summed E-state index contributed by atoms with van der Waals surface area (Å²) in [6, 6.07) is 9.12. The molecule has 0 saturated carbocycles. The van der Waals surface area contributed by atoms with E-state index < -0.39 is 23.5 Å². The fraction of sp³-hybridized carbons (Fsp3) is 0.130. The van der Waals surface area contributed by atoms with Crippen molar-refractivity contribution < 1.29 is 31.6 Å². The number of hydrogen-bond acceptors (Lipinski definition) is 5. The van der Waals surface area contributed by atoms with Crippen LogP contribution in [0.1, 0.15) is 21.5 Å². The molecule has 0 unspecified atom stereocenters. The Hall–Kier alpha value is -3.46. The lowest BCUT2D eigenvalue weighted by Crippen LogP contribution is -2.07. The van der Waals surface area contributed by atoms with Crippen LogP contribution in [0.25, 0.3) is 33.7 Å². The van der Waals surface area contributed by atoms with Crippen molar-refractivity contribution in [3.05, 3.63) is 75.7 Å². The summed E-state index contributed by atoms with van der Waals surface area (Å²) in [5.41, 5.74) is 1.02. The zero-order chi connectivity index (χ0) is 23.0. The number of thiophene rings is 1. The summed E-state index contributed by atoms with van der Waals surface area (Å²) >= 11 is 1.33. The van der Waals surface area contributed by atoms with E-state index in [9.17, 15) is 22.4 Å².